The van der Waals surface area contributed by atoms with Crippen LogP contribution in [0.4, 0.5) is 5.82 Å². The Balaban J connectivity index is 3.07. The lowest BCUT2D eigenvalue weighted by Crippen LogP contribution is -2.33. The third-order valence-corrected chi connectivity index (χ3v) is 2.73. The van der Waals surface area contributed by atoms with Crippen molar-refractivity contribution in [3.8, 4) is 0 Å². The first-order chi connectivity index (χ1) is 9.67. The van der Waals surface area contributed by atoms with Crippen molar-refractivity contribution in [3.05, 3.63) is 17.6 Å². The fraction of sp³-hybridized carbons (Fsp3) is 0.500. The van der Waals surface area contributed by atoms with Crippen LogP contribution in [0.25, 0.3) is 6.08 Å². The van der Waals surface area contributed by atoms with Gasteiger partial charge in [0.05, 0.1) is 0 Å². The van der Waals surface area contributed by atoms with Gasteiger partial charge in [-0.3, -0.25) is 9.59 Å². The normalized spacial score (nSPS) is 10.8. The Kier molecular flexibility index (Phi) is 6.49. The maximum atomic E-state index is 12.5. The lowest BCUT2D eigenvalue weighted by atomic mass is 10.3. The van der Waals surface area contributed by atoms with Gasteiger partial charge >= 0.3 is 0 Å². The van der Waals surface area contributed by atoms with E-state index in [1.165, 1.54) is 0 Å². The number of nitrogens with one attached hydrogen (secondary N) is 2. The lowest BCUT2D eigenvalue weighted by Gasteiger charge is -2.20. The van der Waals surface area contributed by atoms with Crippen LogP contribution in [-0.2, 0) is 4.79 Å². The zero-order valence-electron chi connectivity index (χ0n) is 12.3. The van der Waals surface area contributed by atoms with E-state index >= 15 is 0 Å². The van der Waals surface area contributed by atoms with Crippen LogP contribution >= 0.6 is 0 Å². The van der Waals surface area contributed by atoms with E-state index in [9.17, 15) is 9.59 Å². The highest BCUT2D eigenvalue weighted by molar-refractivity contribution is 5.99. The molecule has 0 atom stereocenters. The van der Waals surface area contributed by atoms with Crippen molar-refractivity contribution in [1.29, 1.82) is 0 Å². The third kappa shape index (κ3) is 3.94. The zero-order chi connectivity index (χ0) is 15.0. The molecule has 1 aromatic rings. The molecule has 0 aromatic carbocycles. The van der Waals surface area contributed by atoms with Gasteiger partial charge in [-0.05, 0) is 25.8 Å². The first kappa shape index (κ1) is 15.9. The van der Waals surface area contributed by atoms with Gasteiger partial charge in [0.2, 0.25) is 6.41 Å². The second kappa shape index (κ2) is 8.14. The standard InChI is InChI=1S/C14H22N4O2/c1-4-7-11-16-12(13(17-11)15-10-19)14(20)18(8-5-2)9-6-3/h4,7,10H,5-6,8-9H2,1-3H3,(H,15,19)(H,16,17)/b7-4+. The Morgan fingerprint density at radius 1 is 1.35 bits per heavy atom. The summed E-state index contributed by atoms with van der Waals surface area (Å²) >= 11 is 0. The molecule has 0 aliphatic heterocycles. The number of carbonyl (C=O) groups is 2. The molecule has 110 valence electrons. The maximum absolute atomic E-state index is 12.5. The van der Waals surface area contributed by atoms with Gasteiger partial charge in [-0.1, -0.05) is 19.9 Å². The van der Waals surface area contributed by atoms with Crippen molar-refractivity contribution in [2.75, 3.05) is 18.4 Å². The van der Waals surface area contributed by atoms with Gasteiger partial charge in [0.15, 0.2) is 5.82 Å². The molecule has 1 rings (SSSR count). The number of carbonyl (C=O) groups excluding carboxylic acids is 2. The van der Waals surface area contributed by atoms with E-state index in [1.807, 2.05) is 26.8 Å². The van der Waals surface area contributed by atoms with Crippen LogP contribution in [0.1, 0.15) is 49.9 Å². The highest BCUT2D eigenvalue weighted by Gasteiger charge is 2.21. The zero-order valence-corrected chi connectivity index (χ0v) is 12.3. The summed E-state index contributed by atoms with van der Waals surface area (Å²) in [5.41, 5.74) is 0.326. The maximum Gasteiger partial charge on any atom is 0.274 e. The van der Waals surface area contributed by atoms with Crippen molar-refractivity contribution in [3.63, 3.8) is 0 Å². The Bertz CT molecular complexity index is 474. The van der Waals surface area contributed by atoms with E-state index in [-0.39, 0.29) is 11.7 Å². The molecule has 1 heterocycles. The van der Waals surface area contributed by atoms with Gasteiger partial charge in [-0.15, -0.1) is 0 Å². The van der Waals surface area contributed by atoms with E-state index in [4.69, 9.17) is 0 Å². The predicted octanol–water partition coefficient (Wildman–Crippen LogP) is 2.27. The molecule has 0 saturated carbocycles. The van der Waals surface area contributed by atoms with E-state index in [0.717, 1.165) is 12.8 Å². The summed E-state index contributed by atoms with van der Waals surface area (Å²) in [6.07, 6.45) is 5.86. The molecule has 20 heavy (non-hydrogen) atoms. The van der Waals surface area contributed by atoms with Crippen LogP contribution < -0.4 is 5.32 Å². The molecule has 0 radical (unpaired) electrons. The van der Waals surface area contributed by atoms with E-state index in [0.29, 0.717) is 31.0 Å². The Morgan fingerprint density at radius 2 is 2.00 bits per heavy atom. The minimum Gasteiger partial charge on any atom is -0.337 e. The summed E-state index contributed by atoms with van der Waals surface area (Å²) in [6, 6.07) is 0. The van der Waals surface area contributed by atoms with Crippen molar-refractivity contribution < 1.29 is 9.59 Å². The minimum atomic E-state index is -0.138. The molecule has 2 amide bonds. The number of rotatable bonds is 8. The number of anilines is 1. The number of allylic oxidation sites excluding steroid dienone is 1. The van der Waals surface area contributed by atoms with Crippen LogP contribution in [0, 0.1) is 0 Å². The Hall–Kier alpha value is -2.11. The topological polar surface area (TPSA) is 78.1 Å². The van der Waals surface area contributed by atoms with Crippen molar-refractivity contribution in [2.24, 2.45) is 0 Å². The average Bonchev–Trinajstić information content (AvgIpc) is 2.81. The van der Waals surface area contributed by atoms with Crippen LogP contribution in [0.2, 0.25) is 0 Å². The monoisotopic (exact) mass is 278 g/mol. The SMILES string of the molecule is C/C=C/c1nc(NC=O)c(C(=O)N(CCC)CCC)[nH]1. The van der Waals surface area contributed by atoms with E-state index in [2.05, 4.69) is 15.3 Å². The number of amides is 2. The number of aromatic amines is 1. The molecule has 2 N–H and O–H groups in total. The van der Waals surface area contributed by atoms with E-state index in [1.54, 1.807) is 11.0 Å². The molecule has 0 aliphatic rings. The quantitative estimate of drug-likeness (QED) is 0.716. The number of H-pyrrole nitrogens is 1. The van der Waals surface area contributed by atoms with E-state index < -0.39 is 0 Å². The first-order valence-corrected chi connectivity index (χ1v) is 6.90. The van der Waals surface area contributed by atoms with Gasteiger partial charge in [0.1, 0.15) is 11.5 Å². The number of hydrogen-bond acceptors (Lipinski definition) is 3. The predicted molar refractivity (Wildman–Crippen MR) is 79.5 cm³/mol. The molecule has 0 aliphatic carbocycles. The number of hydrogen-bond donors (Lipinski definition) is 2. The first-order valence-electron chi connectivity index (χ1n) is 6.90. The largest absolute Gasteiger partial charge is 0.337 e. The third-order valence-electron chi connectivity index (χ3n) is 2.73. The summed E-state index contributed by atoms with van der Waals surface area (Å²) in [4.78, 5) is 32.0. The van der Waals surface area contributed by atoms with Crippen LogP contribution in [0.15, 0.2) is 6.08 Å². The Morgan fingerprint density at radius 3 is 2.50 bits per heavy atom. The molecule has 0 fully saturated rings. The van der Waals surface area contributed by atoms with Crippen LogP contribution in [0.5, 0.6) is 0 Å². The van der Waals surface area contributed by atoms with Gasteiger partial charge in [-0.25, -0.2) is 4.98 Å². The summed E-state index contributed by atoms with van der Waals surface area (Å²) in [6.45, 7) is 7.28. The highest BCUT2D eigenvalue weighted by atomic mass is 16.2. The van der Waals surface area contributed by atoms with Crippen molar-refractivity contribution in [2.45, 2.75) is 33.6 Å². The summed E-state index contributed by atoms with van der Waals surface area (Å²) in [7, 11) is 0. The minimum absolute atomic E-state index is 0.138. The summed E-state index contributed by atoms with van der Waals surface area (Å²) < 4.78 is 0. The molecule has 0 unspecified atom stereocenters. The second-order valence-corrected chi connectivity index (χ2v) is 4.40. The molecule has 6 heteroatoms. The smallest absolute Gasteiger partial charge is 0.274 e. The van der Waals surface area contributed by atoms with Crippen molar-refractivity contribution >= 4 is 24.2 Å². The Labute approximate surface area is 119 Å². The molecular weight excluding hydrogens is 256 g/mol. The van der Waals surface area contributed by atoms with Crippen molar-refractivity contribution in [1.82, 2.24) is 14.9 Å². The number of imidazole rings is 1. The van der Waals surface area contributed by atoms with Gasteiger partial charge in [0, 0.05) is 13.1 Å². The fourth-order valence-corrected chi connectivity index (χ4v) is 1.96. The molecule has 6 nitrogen and oxygen atoms in total. The van der Waals surface area contributed by atoms with Crippen LogP contribution in [-0.4, -0.2) is 40.3 Å². The number of nitrogens with zero attached hydrogens (tertiary/aromatic N) is 2. The molecular formula is C14H22N4O2. The average molecular weight is 278 g/mol. The highest BCUT2D eigenvalue weighted by Crippen LogP contribution is 2.16. The van der Waals surface area contributed by atoms with Crippen LogP contribution in [0.3, 0.4) is 0 Å². The fourth-order valence-electron chi connectivity index (χ4n) is 1.96. The van der Waals surface area contributed by atoms with Gasteiger partial charge in [-0.2, -0.15) is 0 Å². The summed E-state index contributed by atoms with van der Waals surface area (Å²) in [5.74, 6) is 0.685. The lowest BCUT2D eigenvalue weighted by molar-refractivity contribution is -0.105. The molecule has 1 aromatic heterocycles. The molecule has 0 saturated heterocycles. The van der Waals surface area contributed by atoms with Gasteiger partial charge in [0.25, 0.3) is 5.91 Å². The molecule has 0 bridgehead atoms. The summed E-state index contributed by atoms with van der Waals surface area (Å²) in [5, 5.41) is 2.47. The second-order valence-electron chi connectivity index (χ2n) is 4.40. The number of aromatic nitrogens is 2. The van der Waals surface area contributed by atoms with Gasteiger partial charge < -0.3 is 15.2 Å². The molecule has 0 spiro atoms.